The van der Waals surface area contributed by atoms with Crippen LogP contribution in [0.25, 0.3) is 0 Å². The van der Waals surface area contributed by atoms with E-state index in [1.807, 2.05) is 0 Å². The van der Waals surface area contributed by atoms with Crippen molar-refractivity contribution in [3.63, 3.8) is 0 Å². The molecule has 0 radical (unpaired) electrons. The van der Waals surface area contributed by atoms with Gasteiger partial charge in [0.25, 0.3) is 5.91 Å². The van der Waals surface area contributed by atoms with Gasteiger partial charge < -0.3 is 15.2 Å². The fourth-order valence-electron chi connectivity index (χ4n) is 1.44. The lowest BCUT2D eigenvalue weighted by Crippen LogP contribution is -2.25. The van der Waals surface area contributed by atoms with E-state index in [0.717, 1.165) is 13.0 Å². The van der Waals surface area contributed by atoms with Crippen LogP contribution in [0.3, 0.4) is 0 Å². The van der Waals surface area contributed by atoms with Gasteiger partial charge in [0.2, 0.25) is 0 Å². The van der Waals surface area contributed by atoms with E-state index in [0.29, 0.717) is 24.6 Å². The molecule has 1 aromatic rings. The van der Waals surface area contributed by atoms with Crippen molar-refractivity contribution < 1.29 is 14.6 Å². The average Bonchev–Trinajstić information content (AvgIpc) is 2.33. The molecule has 0 saturated carbocycles. The number of hydrogen-bond acceptors (Lipinski definition) is 3. The topological polar surface area (TPSA) is 58.6 Å². The van der Waals surface area contributed by atoms with Crippen molar-refractivity contribution >= 4 is 5.91 Å². The van der Waals surface area contributed by atoms with E-state index in [2.05, 4.69) is 19.2 Å². The van der Waals surface area contributed by atoms with Gasteiger partial charge in [-0.2, -0.15) is 0 Å². The van der Waals surface area contributed by atoms with Gasteiger partial charge in [0.05, 0.1) is 0 Å². The van der Waals surface area contributed by atoms with Gasteiger partial charge in [-0.05, 0) is 30.5 Å². The van der Waals surface area contributed by atoms with Crippen LogP contribution in [0.2, 0.25) is 0 Å². The predicted molar refractivity (Wildman–Crippen MR) is 70.7 cm³/mol. The lowest BCUT2D eigenvalue weighted by atomic mass is 10.2. The number of aromatic hydroxyl groups is 1. The van der Waals surface area contributed by atoms with Crippen LogP contribution in [0.1, 0.15) is 30.6 Å². The second-order valence-corrected chi connectivity index (χ2v) is 4.63. The monoisotopic (exact) mass is 251 g/mol. The van der Waals surface area contributed by atoms with E-state index in [1.54, 1.807) is 12.1 Å². The maximum absolute atomic E-state index is 11.7. The van der Waals surface area contributed by atoms with Gasteiger partial charge in [0.15, 0.2) is 0 Å². The second-order valence-electron chi connectivity index (χ2n) is 4.63. The quantitative estimate of drug-likeness (QED) is 0.730. The van der Waals surface area contributed by atoms with Crippen LogP contribution in [0.4, 0.5) is 0 Å². The van der Waals surface area contributed by atoms with E-state index >= 15 is 0 Å². The molecule has 0 aromatic heterocycles. The molecule has 1 rings (SSSR count). The summed E-state index contributed by atoms with van der Waals surface area (Å²) in [4.78, 5) is 11.7. The highest BCUT2D eigenvalue weighted by Crippen LogP contribution is 2.10. The summed E-state index contributed by atoms with van der Waals surface area (Å²) in [6.07, 6.45) is 0.789. The fourth-order valence-corrected chi connectivity index (χ4v) is 1.44. The number of ether oxygens (including phenoxy) is 1. The molecule has 0 aliphatic heterocycles. The van der Waals surface area contributed by atoms with Crippen molar-refractivity contribution in [2.24, 2.45) is 5.92 Å². The number of hydrogen-bond donors (Lipinski definition) is 2. The van der Waals surface area contributed by atoms with Crippen molar-refractivity contribution in [1.82, 2.24) is 5.32 Å². The molecule has 0 atom stereocenters. The van der Waals surface area contributed by atoms with Crippen LogP contribution in [-0.4, -0.2) is 30.8 Å². The number of carbonyl (C=O) groups is 1. The molecule has 0 spiro atoms. The van der Waals surface area contributed by atoms with Crippen molar-refractivity contribution in [3.05, 3.63) is 29.8 Å². The summed E-state index contributed by atoms with van der Waals surface area (Å²) in [5.74, 6) is 0.463. The Balaban J connectivity index is 2.18. The summed E-state index contributed by atoms with van der Waals surface area (Å²) < 4.78 is 5.41. The van der Waals surface area contributed by atoms with Crippen molar-refractivity contribution in [1.29, 1.82) is 0 Å². The summed E-state index contributed by atoms with van der Waals surface area (Å²) in [5.41, 5.74) is 0.470. The number of amides is 1. The maximum Gasteiger partial charge on any atom is 0.251 e. The molecule has 0 aliphatic rings. The third kappa shape index (κ3) is 5.68. The summed E-state index contributed by atoms with van der Waals surface area (Å²) in [6, 6.07) is 6.31. The Kier molecular flexibility index (Phi) is 6.22. The summed E-state index contributed by atoms with van der Waals surface area (Å²) in [7, 11) is 0. The number of rotatable bonds is 7. The van der Waals surface area contributed by atoms with Gasteiger partial charge in [-0.15, -0.1) is 0 Å². The molecule has 0 bridgehead atoms. The molecular formula is C14H21NO3. The summed E-state index contributed by atoms with van der Waals surface area (Å²) >= 11 is 0. The Morgan fingerprint density at radius 1 is 1.44 bits per heavy atom. The number of nitrogens with one attached hydrogen (secondary N) is 1. The van der Waals surface area contributed by atoms with Crippen molar-refractivity contribution in [3.8, 4) is 5.75 Å². The molecule has 0 unspecified atom stereocenters. The number of phenolic OH excluding ortho intramolecular Hbond substituents is 1. The molecule has 1 aromatic carbocycles. The first-order chi connectivity index (χ1) is 8.59. The Labute approximate surface area is 108 Å². The molecular weight excluding hydrogens is 230 g/mol. The summed E-state index contributed by atoms with van der Waals surface area (Å²) in [5, 5.41) is 12.0. The van der Waals surface area contributed by atoms with E-state index in [1.165, 1.54) is 12.1 Å². The minimum atomic E-state index is -0.172. The van der Waals surface area contributed by atoms with E-state index in [-0.39, 0.29) is 11.7 Å². The van der Waals surface area contributed by atoms with Gasteiger partial charge in [0.1, 0.15) is 5.75 Å². The first kappa shape index (κ1) is 14.5. The Morgan fingerprint density at radius 2 is 2.22 bits per heavy atom. The molecule has 4 heteroatoms. The third-order valence-corrected chi connectivity index (χ3v) is 2.31. The Bertz CT molecular complexity index is 377. The fraction of sp³-hybridized carbons (Fsp3) is 0.500. The zero-order chi connectivity index (χ0) is 13.4. The van der Waals surface area contributed by atoms with Crippen LogP contribution >= 0.6 is 0 Å². The first-order valence-electron chi connectivity index (χ1n) is 6.24. The zero-order valence-corrected chi connectivity index (χ0v) is 11.0. The predicted octanol–water partition coefficient (Wildman–Crippen LogP) is 2.18. The number of phenols is 1. The number of carbonyl (C=O) groups excluding carboxylic acids is 1. The molecule has 100 valence electrons. The Morgan fingerprint density at radius 3 is 2.89 bits per heavy atom. The molecule has 0 saturated heterocycles. The lowest BCUT2D eigenvalue weighted by Gasteiger charge is -2.08. The standard InChI is InChI=1S/C14H21NO3/c1-11(2)10-18-8-4-7-15-14(17)12-5-3-6-13(16)9-12/h3,5-6,9,11,16H,4,7-8,10H2,1-2H3,(H,15,17). The Hall–Kier alpha value is -1.55. The van der Waals surface area contributed by atoms with Crippen LogP contribution in [-0.2, 0) is 4.74 Å². The van der Waals surface area contributed by atoms with Gasteiger partial charge in [0, 0.05) is 25.3 Å². The van der Waals surface area contributed by atoms with Gasteiger partial charge in [-0.25, -0.2) is 0 Å². The molecule has 0 heterocycles. The van der Waals surface area contributed by atoms with Crippen LogP contribution in [0, 0.1) is 5.92 Å². The van der Waals surface area contributed by atoms with Crippen LogP contribution in [0.15, 0.2) is 24.3 Å². The molecule has 0 fully saturated rings. The van der Waals surface area contributed by atoms with Crippen molar-refractivity contribution in [2.75, 3.05) is 19.8 Å². The van der Waals surface area contributed by atoms with E-state index < -0.39 is 0 Å². The van der Waals surface area contributed by atoms with Crippen LogP contribution < -0.4 is 5.32 Å². The first-order valence-corrected chi connectivity index (χ1v) is 6.24. The molecule has 4 nitrogen and oxygen atoms in total. The lowest BCUT2D eigenvalue weighted by molar-refractivity contribution is 0.0924. The molecule has 2 N–H and O–H groups in total. The smallest absolute Gasteiger partial charge is 0.251 e. The minimum absolute atomic E-state index is 0.0999. The minimum Gasteiger partial charge on any atom is -0.508 e. The summed E-state index contributed by atoms with van der Waals surface area (Å²) in [6.45, 7) is 6.18. The van der Waals surface area contributed by atoms with Gasteiger partial charge in [-0.1, -0.05) is 19.9 Å². The maximum atomic E-state index is 11.7. The highest BCUT2D eigenvalue weighted by Gasteiger charge is 2.04. The van der Waals surface area contributed by atoms with Crippen molar-refractivity contribution in [2.45, 2.75) is 20.3 Å². The van der Waals surface area contributed by atoms with Crippen LogP contribution in [0.5, 0.6) is 5.75 Å². The largest absolute Gasteiger partial charge is 0.508 e. The SMILES string of the molecule is CC(C)COCCCNC(=O)c1cccc(O)c1. The third-order valence-electron chi connectivity index (χ3n) is 2.31. The molecule has 0 aliphatic carbocycles. The average molecular weight is 251 g/mol. The van der Waals surface area contributed by atoms with E-state index in [9.17, 15) is 9.90 Å². The second kappa shape index (κ2) is 7.71. The van der Waals surface area contributed by atoms with E-state index in [4.69, 9.17) is 4.74 Å². The molecule has 1 amide bonds. The highest BCUT2D eigenvalue weighted by atomic mass is 16.5. The number of benzene rings is 1. The zero-order valence-electron chi connectivity index (χ0n) is 11.0. The normalized spacial score (nSPS) is 10.6. The van der Waals surface area contributed by atoms with Gasteiger partial charge in [-0.3, -0.25) is 4.79 Å². The molecule has 18 heavy (non-hydrogen) atoms. The van der Waals surface area contributed by atoms with Gasteiger partial charge >= 0.3 is 0 Å². The highest BCUT2D eigenvalue weighted by molar-refractivity contribution is 5.94.